The summed E-state index contributed by atoms with van der Waals surface area (Å²) in [4.78, 5) is 26.9. The molecule has 0 amide bonds. The highest BCUT2D eigenvalue weighted by atomic mass is 32.2. The molecule has 1 fully saturated rings. The Labute approximate surface area is 84.3 Å². The van der Waals surface area contributed by atoms with Gasteiger partial charge >= 0.3 is 0 Å². The van der Waals surface area contributed by atoms with E-state index in [1.54, 1.807) is 6.92 Å². The average molecular weight is 216 g/mol. The summed E-state index contributed by atoms with van der Waals surface area (Å²) < 4.78 is 0. The lowest BCUT2D eigenvalue weighted by molar-refractivity contribution is 0.544. The lowest BCUT2D eigenvalue weighted by Gasteiger charge is -2.31. The third kappa shape index (κ3) is 2.45. The zero-order valence-corrected chi connectivity index (χ0v) is 8.65. The summed E-state index contributed by atoms with van der Waals surface area (Å²) >= 11 is 3.03. The molecule has 0 bridgehead atoms. The summed E-state index contributed by atoms with van der Waals surface area (Å²) in [7, 11) is 0. The van der Waals surface area contributed by atoms with Gasteiger partial charge in [0.15, 0.2) is 0 Å². The SMILES string of the molecule is CC1(N=C=O)SCCSC1N=C=O. The molecule has 2 unspecified atom stereocenters. The van der Waals surface area contributed by atoms with Gasteiger partial charge in [-0.2, -0.15) is 9.98 Å². The van der Waals surface area contributed by atoms with Crippen LogP contribution in [0, 0.1) is 0 Å². The summed E-state index contributed by atoms with van der Waals surface area (Å²) in [5.74, 6) is 1.81. The van der Waals surface area contributed by atoms with E-state index in [1.165, 1.54) is 35.7 Å². The van der Waals surface area contributed by atoms with Gasteiger partial charge in [-0.1, -0.05) is 0 Å². The molecule has 1 heterocycles. The second-order valence-corrected chi connectivity index (χ2v) is 5.26. The van der Waals surface area contributed by atoms with Crippen LogP contribution in [0.1, 0.15) is 6.92 Å². The molecule has 2 atom stereocenters. The summed E-state index contributed by atoms with van der Waals surface area (Å²) in [6.07, 6.45) is 3.02. The minimum atomic E-state index is -0.651. The monoisotopic (exact) mass is 216 g/mol. The fraction of sp³-hybridized carbons (Fsp3) is 0.714. The van der Waals surface area contributed by atoms with Crippen LogP contribution in [-0.2, 0) is 9.59 Å². The lowest BCUT2D eigenvalue weighted by Crippen LogP contribution is -2.34. The minimum Gasteiger partial charge on any atom is -0.211 e. The van der Waals surface area contributed by atoms with Crippen LogP contribution in [-0.4, -0.2) is 33.9 Å². The fourth-order valence-electron chi connectivity index (χ4n) is 1.02. The molecule has 0 N–H and O–H groups in total. The first-order valence-electron chi connectivity index (χ1n) is 3.64. The molecule has 0 saturated carbocycles. The van der Waals surface area contributed by atoms with Crippen LogP contribution >= 0.6 is 23.5 Å². The third-order valence-electron chi connectivity index (χ3n) is 1.65. The first-order valence-corrected chi connectivity index (χ1v) is 5.68. The molecule has 0 aliphatic carbocycles. The Balaban J connectivity index is 2.88. The molecule has 0 aromatic carbocycles. The van der Waals surface area contributed by atoms with Crippen LogP contribution in [0.25, 0.3) is 0 Å². The van der Waals surface area contributed by atoms with Crippen LogP contribution in [0.5, 0.6) is 0 Å². The van der Waals surface area contributed by atoms with Crippen molar-refractivity contribution in [1.29, 1.82) is 0 Å². The molecule has 1 aliphatic heterocycles. The van der Waals surface area contributed by atoms with E-state index in [0.29, 0.717) is 0 Å². The van der Waals surface area contributed by atoms with Gasteiger partial charge in [-0.05, 0) is 6.92 Å². The number of hydrogen-bond donors (Lipinski definition) is 0. The van der Waals surface area contributed by atoms with E-state index < -0.39 is 4.87 Å². The number of carbonyl (C=O) groups excluding carboxylic acids is 2. The van der Waals surface area contributed by atoms with Crippen molar-refractivity contribution in [3.05, 3.63) is 0 Å². The molecule has 0 aromatic heterocycles. The quantitative estimate of drug-likeness (QED) is 0.513. The number of thioether (sulfide) groups is 2. The van der Waals surface area contributed by atoms with Crippen molar-refractivity contribution in [2.45, 2.75) is 17.2 Å². The molecule has 1 saturated heterocycles. The van der Waals surface area contributed by atoms with Crippen molar-refractivity contribution < 1.29 is 9.59 Å². The topological polar surface area (TPSA) is 58.9 Å². The predicted octanol–water partition coefficient (Wildman–Crippen LogP) is 1.18. The van der Waals surface area contributed by atoms with E-state index in [9.17, 15) is 9.59 Å². The number of rotatable bonds is 2. The largest absolute Gasteiger partial charge is 0.236 e. The van der Waals surface area contributed by atoms with Gasteiger partial charge in [-0.25, -0.2) is 9.59 Å². The van der Waals surface area contributed by atoms with Crippen molar-refractivity contribution in [2.75, 3.05) is 11.5 Å². The third-order valence-corrected chi connectivity index (χ3v) is 4.68. The maximum absolute atomic E-state index is 10.2. The van der Waals surface area contributed by atoms with Crippen LogP contribution in [0.15, 0.2) is 9.98 Å². The number of hydrogen-bond acceptors (Lipinski definition) is 6. The minimum absolute atomic E-state index is 0.315. The van der Waals surface area contributed by atoms with Crippen molar-refractivity contribution >= 4 is 35.7 Å². The second-order valence-electron chi connectivity index (χ2n) is 2.55. The smallest absolute Gasteiger partial charge is 0.211 e. The molecule has 70 valence electrons. The van der Waals surface area contributed by atoms with Crippen LogP contribution < -0.4 is 0 Å². The van der Waals surface area contributed by atoms with Crippen LogP contribution in [0.2, 0.25) is 0 Å². The Hall–Kier alpha value is -0.540. The number of isocyanates is 2. The Morgan fingerprint density at radius 3 is 2.77 bits per heavy atom. The Bertz CT molecular complexity index is 284. The van der Waals surface area contributed by atoms with Gasteiger partial charge in [-0.15, -0.1) is 23.5 Å². The predicted molar refractivity (Wildman–Crippen MR) is 53.4 cm³/mol. The van der Waals surface area contributed by atoms with Gasteiger partial charge in [0.1, 0.15) is 10.2 Å². The number of nitrogens with zero attached hydrogens (tertiary/aromatic N) is 2. The van der Waals surface area contributed by atoms with E-state index in [0.717, 1.165) is 11.5 Å². The molecule has 13 heavy (non-hydrogen) atoms. The standard InChI is InChI=1S/C7H8N2O2S2/c1-7(9-5-11)6(8-4-10)12-2-3-13-7/h6H,2-3H2,1H3. The van der Waals surface area contributed by atoms with Gasteiger partial charge in [0.2, 0.25) is 12.2 Å². The van der Waals surface area contributed by atoms with Crippen LogP contribution in [0.3, 0.4) is 0 Å². The average Bonchev–Trinajstić information content (AvgIpc) is 2.10. The molecule has 0 aromatic rings. The zero-order valence-electron chi connectivity index (χ0n) is 7.02. The molecule has 6 heteroatoms. The van der Waals surface area contributed by atoms with Crippen molar-refractivity contribution in [3.8, 4) is 0 Å². The van der Waals surface area contributed by atoms with Crippen molar-refractivity contribution in [1.82, 2.24) is 0 Å². The Kier molecular flexibility index (Phi) is 3.75. The van der Waals surface area contributed by atoms with E-state index in [2.05, 4.69) is 9.98 Å². The molecule has 1 rings (SSSR count). The second kappa shape index (κ2) is 4.63. The maximum atomic E-state index is 10.2. The van der Waals surface area contributed by atoms with Crippen molar-refractivity contribution in [2.24, 2.45) is 9.98 Å². The summed E-state index contributed by atoms with van der Waals surface area (Å²) in [6, 6.07) is 0. The molecular weight excluding hydrogens is 208 g/mol. The van der Waals surface area contributed by atoms with Crippen molar-refractivity contribution in [3.63, 3.8) is 0 Å². The summed E-state index contributed by atoms with van der Waals surface area (Å²) in [5, 5.41) is -0.315. The highest BCUT2D eigenvalue weighted by Gasteiger charge is 2.38. The summed E-state index contributed by atoms with van der Waals surface area (Å²) in [5.41, 5.74) is 0. The maximum Gasteiger partial charge on any atom is 0.236 e. The molecule has 0 radical (unpaired) electrons. The van der Waals surface area contributed by atoms with Gasteiger partial charge in [-0.3, -0.25) is 0 Å². The fourth-order valence-corrected chi connectivity index (χ4v) is 3.56. The van der Waals surface area contributed by atoms with E-state index in [4.69, 9.17) is 0 Å². The Morgan fingerprint density at radius 1 is 1.38 bits per heavy atom. The molecule has 4 nitrogen and oxygen atoms in total. The van der Waals surface area contributed by atoms with E-state index >= 15 is 0 Å². The van der Waals surface area contributed by atoms with Gasteiger partial charge in [0.25, 0.3) is 0 Å². The van der Waals surface area contributed by atoms with Gasteiger partial charge in [0, 0.05) is 11.5 Å². The summed E-state index contributed by atoms with van der Waals surface area (Å²) in [6.45, 7) is 1.78. The first-order chi connectivity index (χ1) is 6.23. The van der Waals surface area contributed by atoms with Gasteiger partial charge in [0.05, 0.1) is 0 Å². The zero-order chi connectivity index (χ0) is 9.73. The van der Waals surface area contributed by atoms with Gasteiger partial charge < -0.3 is 0 Å². The normalized spacial score (nSPS) is 32.8. The highest BCUT2D eigenvalue weighted by Crippen LogP contribution is 2.41. The first kappa shape index (κ1) is 10.5. The lowest BCUT2D eigenvalue weighted by atomic mass is 10.3. The number of aliphatic imine (C=N–C) groups is 2. The molecule has 1 aliphatic rings. The Morgan fingerprint density at radius 2 is 2.15 bits per heavy atom. The molecular formula is C7H8N2O2S2. The molecule has 0 spiro atoms. The van der Waals surface area contributed by atoms with E-state index in [1.807, 2.05) is 0 Å². The van der Waals surface area contributed by atoms with E-state index in [-0.39, 0.29) is 5.37 Å². The highest BCUT2D eigenvalue weighted by molar-refractivity contribution is 8.07. The van der Waals surface area contributed by atoms with Crippen LogP contribution in [0.4, 0.5) is 0 Å².